The van der Waals surface area contributed by atoms with Gasteiger partial charge < -0.3 is 30.1 Å². The number of hydrogen-bond donors (Lipinski definition) is 4. The number of imidazole rings is 1. The SMILES string of the molecule is C=C[C@@]1(O)[C@H](O)[C@@H](CO)O[C@H]1n1cnc2c(NC(c3ccccc3)(c3ccccc3)c3ccc(OC)cc3)ncnc21. The Balaban J connectivity index is 1.54. The fourth-order valence-corrected chi connectivity index (χ4v) is 5.67. The Morgan fingerprint density at radius 2 is 1.60 bits per heavy atom. The Kier molecular flexibility index (Phi) is 7.21. The molecule has 3 aromatic carbocycles. The van der Waals surface area contributed by atoms with Gasteiger partial charge in [0.15, 0.2) is 28.8 Å². The number of rotatable bonds is 9. The van der Waals surface area contributed by atoms with Crippen molar-refractivity contribution in [3.8, 4) is 5.75 Å². The van der Waals surface area contributed by atoms with Crippen LogP contribution in [0, 0.1) is 0 Å². The van der Waals surface area contributed by atoms with Crippen LogP contribution in [0.3, 0.4) is 0 Å². The van der Waals surface area contributed by atoms with Crippen LogP contribution < -0.4 is 10.1 Å². The number of nitrogens with zero attached hydrogens (tertiary/aromatic N) is 4. The number of aromatic nitrogens is 4. The molecule has 3 heterocycles. The number of fused-ring (bicyclic) bond motifs is 1. The number of hydrogen-bond acceptors (Lipinski definition) is 9. The third-order valence-corrected chi connectivity index (χ3v) is 7.89. The lowest BCUT2D eigenvalue weighted by Crippen LogP contribution is -2.45. The van der Waals surface area contributed by atoms with E-state index in [1.165, 1.54) is 23.3 Å². The van der Waals surface area contributed by atoms with E-state index in [-0.39, 0.29) is 0 Å². The molecule has 6 rings (SSSR count). The molecule has 0 bridgehead atoms. The highest BCUT2D eigenvalue weighted by molar-refractivity contribution is 5.84. The van der Waals surface area contributed by atoms with Gasteiger partial charge in [0.05, 0.1) is 20.0 Å². The molecule has 1 fully saturated rings. The Morgan fingerprint density at radius 1 is 0.976 bits per heavy atom. The summed E-state index contributed by atoms with van der Waals surface area (Å²) in [6.07, 6.45) is 0.526. The van der Waals surface area contributed by atoms with Gasteiger partial charge >= 0.3 is 0 Å². The summed E-state index contributed by atoms with van der Waals surface area (Å²) in [5, 5.41) is 35.4. The monoisotopic (exact) mass is 565 g/mol. The average Bonchev–Trinajstić information content (AvgIpc) is 3.59. The van der Waals surface area contributed by atoms with Crippen molar-refractivity contribution in [3.63, 3.8) is 0 Å². The number of aliphatic hydroxyl groups excluding tert-OH is 2. The Bertz CT molecular complexity index is 1640. The molecule has 0 unspecified atom stereocenters. The van der Waals surface area contributed by atoms with E-state index in [0.29, 0.717) is 17.0 Å². The Morgan fingerprint density at radius 3 is 2.17 bits per heavy atom. The number of methoxy groups -OCH3 is 1. The molecule has 4 atom stereocenters. The van der Waals surface area contributed by atoms with Crippen molar-refractivity contribution in [2.75, 3.05) is 19.0 Å². The van der Waals surface area contributed by atoms with E-state index in [0.717, 1.165) is 22.4 Å². The molecule has 1 saturated heterocycles. The fraction of sp³-hybridized carbons (Fsp3) is 0.219. The molecule has 0 spiro atoms. The summed E-state index contributed by atoms with van der Waals surface area (Å²) in [7, 11) is 1.63. The zero-order valence-electron chi connectivity index (χ0n) is 22.9. The number of aliphatic hydroxyl groups is 3. The summed E-state index contributed by atoms with van der Waals surface area (Å²) in [6.45, 7) is 3.21. The van der Waals surface area contributed by atoms with E-state index >= 15 is 0 Å². The summed E-state index contributed by atoms with van der Waals surface area (Å²) in [5.74, 6) is 1.16. The van der Waals surface area contributed by atoms with Crippen LogP contribution >= 0.6 is 0 Å². The van der Waals surface area contributed by atoms with Gasteiger partial charge in [-0.3, -0.25) is 4.57 Å². The van der Waals surface area contributed by atoms with E-state index in [1.807, 2.05) is 84.9 Å². The smallest absolute Gasteiger partial charge is 0.172 e. The van der Waals surface area contributed by atoms with E-state index < -0.39 is 36.2 Å². The van der Waals surface area contributed by atoms with Crippen LogP contribution in [-0.4, -0.2) is 66.4 Å². The Hall–Kier alpha value is -4.61. The lowest BCUT2D eigenvalue weighted by atomic mass is 9.77. The third kappa shape index (κ3) is 4.32. The molecule has 1 aliphatic heterocycles. The average molecular weight is 566 g/mol. The van der Waals surface area contributed by atoms with Crippen LogP contribution in [0.25, 0.3) is 11.2 Å². The quantitative estimate of drug-likeness (QED) is 0.157. The first-order valence-corrected chi connectivity index (χ1v) is 13.5. The molecule has 1 aliphatic rings. The second-order valence-electron chi connectivity index (χ2n) is 10.1. The van der Waals surface area contributed by atoms with E-state index in [2.05, 4.69) is 26.8 Å². The number of anilines is 1. The molecule has 0 radical (unpaired) electrons. The highest BCUT2D eigenvalue weighted by Gasteiger charge is 2.54. The maximum atomic E-state index is 11.3. The van der Waals surface area contributed by atoms with Crippen molar-refractivity contribution in [2.24, 2.45) is 0 Å². The van der Waals surface area contributed by atoms with Crippen molar-refractivity contribution in [1.29, 1.82) is 0 Å². The Labute approximate surface area is 242 Å². The van der Waals surface area contributed by atoms with Gasteiger partial charge in [0.2, 0.25) is 0 Å². The molecule has 4 N–H and O–H groups in total. The lowest BCUT2D eigenvalue weighted by Gasteiger charge is -2.37. The highest BCUT2D eigenvalue weighted by Crippen LogP contribution is 2.43. The molecular weight excluding hydrogens is 534 g/mol. The first kappa shape index (κ1) is 27.6. The van der Waals surface area contributed by atoms with Gasteiger partial charge in [-0.2, -0.15) is 0 Å². The van der Waals surface area contributed by atoms with Crippen LogP contribution in [0.4, 0.5) is 5.82 Å². The zero-order chi connectivity index (χ0) is 29.3. The lowest BCUT2D eigenvalue weighted by molar-refractivity contribution is -0.0771. The van der Waals surface area contributed by atoms with E-state index in [9.17, 15) is 15.3 Å². The van der Waals surface area contributed by atoms with Crippen LogP contribution in [0.2, 0.25) is 0 Å². The van der Waals surface area contributed by atoms with Gasteiger partial charge in [-0.05, 0) is 28.8 Å². The van der Waals surface area contributed by atoms with Crippen molar-refractivity contribution < 1.29 is 24.8 Å². The zero-order valence-corrected chi connectivity index (χ0v) is 22.9. The van der Waals surface area contributed by atoms with Gasteiger partial charge in [-0.15, -0.1) is 0 Å². The molecule has 0 saturated carbocycles. The number of ether oxygens (including phenoxy) is 2. The summed E-state index contributed by atoms with van der Waals surface area (Å²) < 4.78 is 12.8. The van der Waals surface area contributed by atoms with Crippen LogP contribution in [-0.2, 0) is 10.3 Å². The molecule has 5 aromatic rings. The molecule has 214 valence electrons. The largest absolute Gasteiger partial charge is 0.497 e. The topological polar surface area (TPSA) is 135 Å². The van der Waals surface area contributed by atoms with Crippen LogP contribution in [0.1, 0.15) is 22.9 Å². The molecule has 0 amide bonds. The van der Waals surface area contributed by atoms with Gasteiger partial charge in [-0.25, -0.2) is 15.0 Å². The van der Waals surface area contributed by atoms with E-state index in [4.69, 9.17) is 9.47 Å². The maximum absolute atomic E-state index is 11.3. The van der Waals surface area contributed by atoms with Crippen LogP contribution in [0.5, 0.6) is 5.75 Å². The third-order valence-electron chi connectivity index (χ3n) is 7.89. The van der Waals surface area contributed by atoms with Gasteiger partial charge in [0.25, 0.3) is 0 Å². The molecule has 10 nitrogen and oxygen atoms in total. The first-order chi connectivity index (χ1) is 20.5. The molecule has 0 aliphatic carbocycles. The normalized spacial score (nSPS) is 22.2. The summed E-state index contributed by atoms with van der Waals surface area (Å²) in [5.41, 5.74) is 0.821. The molecule has 10 heteroatoms. The predicted molar refractivity (Wildman–Crippen MR) is 157 cm³/mol. The van der Waals surface area contributed by atoms with E-state index in [1.54, 1.807) is 7.11 Å². The van der Waals surface area contributed by atoms with Crippen molar-refractivity contribution in [1.82, 2.24) is 19.5 Å². The van der Waals surface area contributed by atoms with Gasteiger partial charge in [0.1, 0.15) is 29.8 Å². The molecular formula is C32H31N5O5. The summed E-state index contributed by atoms with van der Waals surface area (Å²) in [6, 6.07) is 27.9. The molecule has 42 heavy (non-hydrogen) atoms. The number of nitrogens with one attached hydrogen (secondary N) is 1. The van der Waals surface area contributed by atoms with Gasteiger partial charge in [-0.1, -0.05) is 85.5 Å². The summed E-state index contributed by atoms with van der Waals surface area (Å²) in [4.78, 5) is 13.7. The standard InChI is InChI=1S/C32H31N5O5/c1-3-31(40)27(39)25(18-38)42-30(31)37-20-35-26-28(33-19-34-29(26)37)36-32(21-10-6-4-7-11-21,22-12-8-5-9-13-22)23-14-16-24(41-2)17-15-23/h3-17,19-20,25,27,30,38-40H,1,18H2,2H3,(H,33,34,36)/t25-,27-,30-,31-/m1/s1. The number of benzene rings is 3. The van der Waals surface area contributed by atoms with Crippen molar-refractivity contribution in [2.45, 2.75) is 29.6 Å². The van der Waals surface area contributed by atoms with Crippen molar-refractivity contribution in [3.05, 3.63) is 127 Å². The van der Waals surface area contributed by atoms with Crippen LogP contribution in [0.15, 0.2) is 110 Å². The highest BCUT2D eigenvalue weighted by atomic mass is 16.6. The minimum Gasteiger partial charge on any atom is -0.497 e. The maximum Gasteiger partial charge on any atom is 0.172 e. The second kappa shape index (κ2) is 11.0. The van der Waals surface area contributed by atoms with Crippen molar-refractivity contribution >= 4 is 17.0 Å². The van der Waals surface area contributed by atoms with Gasteiger partial charge in [0, 0.05) is 0 Å². The predicted octanol–water partition coefficient (Wildman–Crippen LogP) is 3.41. The summed E-state index contributed by atoms with van der Waals surface area (Å²) >= 11 is 0. The second-order valence-corrected chi connectivity index (χ2v) is 10.1. The minimum absolute atomic E-state index is 0.355. The minimum atomic E-state index is -1.89. The first-order valence-electron chi connectivity index (χ1n) is 13.5. The fourth-order valence-electron chi connectivity index (χ4n) is 5.67. The molecule has 2 aromatic heterocycles.